The standard InChI is InChI=1S/C17H21NO5S2/c1-10-6-4-8-18(10,17(22)23)16(21)11(2)15(25-12(3)19)14(20)13-7-5-9-24-13/h5,7,9-11,15H,4,6,8H2,1-3H3/p+1/t10-,11?,15?,18?/m1/s1. The summed E-state index contributed by atoms with van der Waals surface area (Å²) in [4.78, 5) is 49.9. The number of ketones is 1. The van der Waals surface area contributed by atoms with Crippen molar-refractivity contribution < 1.29 is 28.8 Å². The summed E-state index contributed by atoms with van der Waals surface area (Å²) in [5, 5.41) is 10.3. The van der Waals surface area contributed by atoms with Crippen molar-refractivity contribution in [2.75, 3.05) is 6.54 Å². The van der Waals surface area contributed by atoms with Gasteiger partial charge in [-0.3, -0.25) is 9.59 Å². The number of thiophene rings is 1. The van der Waals surface area contributed by atoms with Gasteiger partial charge in [0.2, 0.25) is 0 Å². The van der Waals surface area contributed by atoms with E-state index in [2.05, 4.69) is 0 Å². The molecule has 3 unspecified atom stereocenters. The maximum absolute atomic E-state index is 13.1. The summed E-state index contributed by atoms with van der Waals surface area (Å²) in [5.74, 6) is -1.67. The molecule has 0 radical (unpaired) electrons. The molecule has 2 rings (SSSR count). The van der Waals surface area contributed by atoms with E-state index in [-0.39, 0.29) is 23.5 Å². The van der Waals surface area contributed by atoms with Gasteiger partial charge >= 0.3 is 12.0 Å². The zero-order valence-corrected chi connectivity index (χ0v) is 16.1. The Kier molecular flexibility index (Phi) is 6.18. The molecule has 0 saturated carbocycles. The number of carboxylic acid groups (broad SMARTS) is 1. The van der Waals surface area contributed by atoms with Gasteiger partial charge in [0.05, 0.1) is 22.6 Å². The fraction of sp³-hybridized carbons (Fsp3) is 0.529. The smallest absolute Gasteiger partial charge is 0.435 e. The van der Waals surface area contributed by atoms with Crippen molar-refractivity contribution in [3.63, 3.8) is 0 Å². The van der Waals surface area contributed by atoms with Gasteiger partial charge in [-0.2, -0.15) is 9.28 Å². The molecule has 0 spiro atoms. The maximum Gasteiger partial charge on any atom is 0.521 e. The molecule has 1 aromatic rings. The first-order chi connectivity index (χ1) is 11.7. The number of hydrogen-bond donors (Lipinski definition) is 1. The zero-order valence-electron chi connectivity index (χ0n) is 14.4. The first-order valence-electron chi connectivity index (χ1n) is 8.12. The van der Waals surface area contributed by atoms with Crippen LogP contribution < -0.4 is 0 Å². The number of hydrogen-bond acceptors (Lipinski definition) is 6. The van der Waals surface area contributed by atoms with Crippen LogP contribution in [0.2, 0.25) is 0 Å². The Morgan fingerprint density at radius 3 is 2.48 bits per heavy atom. The summed E-state index contributed by atoms with van der Waals surface area (Å²) in [6.07, 6.45) is 0.112. The van der Waals surface area contributed by atoms with Crippen LogP contribution in [0.5, 0.6) is 0 Å². The number of amides is 2. The lowest BCUT2D eigenvalue weighted by atomic mass is 9.99. The van der Waals surface area contributed by atoms with E-state index < -0.39 is 27.7 Å². The lowest BCUT2D eigenvalue weighted by Crippen LogP contribution is -2.61. The van der Waals surface area contributed by atoms with Crippen LogP contribution in [0, 0.1) is 5.92 Å². The predicted molar refractivity (Wildman–Crippen MR) is 96.7 cm³/mol. The molecule has 25 heavy (non-hydrogen) atoms. The van der Waals surface area contributed by atoms with Gasteiger partial charge in [0.15, 0.2) is 10.9 Å². The van der Waals surface area contributed by atoms with Gasteiger partial charge in [0.1, 0.15) is 6.04 Å². The average Bonchev–Trinajstić information content (AvgIpc) is 3.20. The topological polar surface area (TPSA) is 88.5 Å². The molecular formula is C17H22NO5S2+. The second kappa shape index (κ2) is 7.80. The first-order valence-corrected chi connectivity index (χ1v) is 9.88. The van der Waals surface area contributed by atoms with E-state index in [1.54, 1.807) is 31.4 Å². The summed E-state index contributed by atoms with van der Waals surface area (Å²) in [7, 11) is 0. The Balaban J connectivity index is 2.36. The summed E-state index contributed by atoms with van der Waals surface area (Å²) in [6, 6.07) is 3.04. The van der Waals surface area contributed by atoms with Gasteiger partial charge in [-0.25, -0.2) is 4.79 Å². The summed E-state index contributed by atoms with van der Waals surface area (Å²) < 4.78 is -0.659. The lowest BCUT2D eigenvalue weighted by Gasteiger charge is -2.33. The molecule has 1 N–H and O–H groups in total. The molecular weight excluding hydrogens is 362 g/mol. The van der Waals surface area contributed by atoms with E-state index in [1.165, 1.54) is 18.3 Å². The van der Waals surface area contributed by atoms with E-state index in [9.17, 15) is 24.3 Å². The molecule has 2 amide bonds. The largest absolute Gasteiger partial charge is 0.521 e. The molecule has 8 heteroatoms. The molecule has 1 saturated heterocycles. The number of thioether (sulfide) groups is 1. The highest BCUT2D eigenvalue weighted by Crippen LogP contribution is 2.34. The number of carbonyl (C=O) groups is 4. The van der Waals surface area contributed by atoms with Crippen molar-refractivity contribution >= 4 is 46.0 Å². The van der Waals surface area contributed by atoms with Crippen LogP contribution in [0.4, 0.5) is 4.79 Å². The van der Waals surface area contributed by atoms with Crippen LogP contribution in [0.25, 0.3) is 0 Å². The number of carbonyl (C=O) groups excluding carboxylic acids is 3. The minimum absolute atomic E-state index is 0.227. The van der Waals surface area contributed by atoms with Gasteiger partial charge in [0, 0.05) is 19.8 Å². The third-order valence-corrected chi connectivity index (χ3v) is 6.87. The maximum atomic E-state index is 13.1. The van der Waals surface area contributed by atoms with Crippen LogP contribution in [-0.2, 0) is 9.59 Å². The number of Topliss-reactive ketones (excluding diaryl/α,β-unsaturated/α-hetero) is 1. The van der Waals surface area contributed by atoms with E-state index in [1.807, 2.05) is 0 Å². The number of nitrogens with zero attached hydrogens (tertiary/aromatic N) is 1. The molecule has 136 valence electrons. The van der Waals surface area contributed by atoms with E-state index in [4.69, 9.17) is 0 Å². The minimum atomic E-state index is -1.18. The quantitative estimate of drug-likeness (QED) is 0.618. The van der Waals surface area contributed by atoms with E-state index in [0.29, 0.717) is 17.7 Å². The fourth-order valence-electron chi connectivity index (χ4n) is 3.40. The van der Waals surface area contributed by atoms with Gasteiger partial charge in [-0.05, 0) is 25.3 Å². The van der Waals surface area contributed by atoms with Crippen LogP contribution in [0.15, 0.2) is 17.5 Å². The van der Waals surface area contributed by atoms with Gasteiger partial charge < -0.3 is 5.11 Å². The summed E-state index contributed by atoms with van der Waals surface area (Å²) in [6.45, 7) is 4.88. The van der Waals surface area contributed by atoms with Crippen molar-refractivity contribution in [1.82, 2.24) is 0 Å². The van der Waals surface area contributed by atoms with Crippen LogP contribution >= 0.6 is 23.1 Å². The van der Waals surface area contributed by atoms with E-state index in [0.717, 1.165) is 11.8 Å². The Bertz CT molecular complexity index is 687. The molecule has 1 aliphatic heterocycles. The second-order valence-electron chi connectivity index (χ2n) is 6.36. The highest BCUT2D eigenvalue weighted by molar-refractivity contribution is 8.14. The Hall–Kier alpha value is -1.51. The molecule has 2 heterocycles. The van der Waals surface area contributed by atoms with Crippen molar-refractivity contribution in [3.05, 3.63) is 22.4 Å². The van der Waals surface area contributed by atoms with E-state index >= 15 is 0 Å². The zero-order chi connectivity index (χ0) is 18.8. The second-order valence-corrected chi connectivity index (χ2v) is 8.63. The van der Waals surface area contributed by atoms with Gasteiger partial charge in [-0.15, -0.1) is 11.3 Å². The van der Waals surface area contributed by atoms with Crippen molar-refractivity contribution in [2.24, 2.45) is 5.92 Å². The Morgan fingerprint density at radius 2 is 2.04 bits per heavy atom. The Morgan fingerprint density at radius 1 is 1.36 bits per heavy atom. The molecule has 1 fully saturated rings. The molecule has 1 aliphatic rings. The SMILES string of the molecule is CC(=O)SC(C(=O)c1cccs1)C(C)C(=O)[N+]1(C(=O)O)CCC[C@H]1C. The molecule has 1 aromatic heterocycles. The molecule has 0 aliphatic carbocycles. The highest BCUT2D eigenvalue weighted by atomic mass is 32.2. The van der Waals surface area contributed by atoms with Crippen LogP contribution in [0.1, 0.15) is 43.3 Å². The number of rotatable bonds is 5. The van der Waals surface area contributed by atoms with Crippen molar-refractivity contribution in [2.45, 2.75) is 44.9 Å². The summed E-state index contributed by atoms with van der Waals surface area (Å²) in [5.41, 5.74) is 0. The highest BCUT2D eigenvalue weighted by Gasteiger charge is 2.56. The van der Waals surface area contributed by atoms with Gasteiger partial charge in [0.25, 0.3) is 0 Å². The van der Waals surface area contributed by atoms with Crippen molar-refractivity contribution in [3.8, 4) is 0 Å². The third kappa shape index (κ3) is 3.70. The monoisotopic (exact) mass is 384 g/mol. The van der Waals surface area contributed by atoms with Crippen molar-refractivity contribution in [1.29, 1.82) is 0 Å². The first kappa shape index (κ1) is 19.8. The molecule has 0 bridgehead atoms. The predicted octanol–water partition coefficient (Wildman–Crippen LogP) is 3.42. The number of imide groups is 1. The fourth-order valence-corrected chi connectivity index (χ4v) is 5.09. The van der Waals surface area contributed by atoms with Crippen LogP contribution in [-0.4, -0.2) is 50.3 Å². The molecule has 4 atom stereocenters. The number of quaternary nitrogens is 1. The lowest BCUT2D eigenvalue weighted by molar-refractivity contribution is -0.794. The Labute approximate surface area is 154 Å². The normalized spacial score (nSPS) is 25.3. The number of likely N-dealkylation sites (tertiary alicyclic amines) is 1. The molecule has 6 nitrogen and oxygen atoms in total. The average molecular weight is 384 g/mol. The molecule has 0 aromatic carbocycles. The van der Waals surface area contributed by atoms with Crippen LogP contribution in [0.3, 0.4) is 0 Å². The van der Waals surface area contributed by atoms with Gasteiger partial charge in [-0.1, -0.05) is 17.8 Å². The summed E-state index contributed by atoms with van der Waals surface area (Å²) >= 11 is 2.05. The minimum Gasteiger partial charge on any atom is -0.435 e. The third-order valence-electron chi connectivity index (χ3n) is 4.78.